The molecular formula is C20H18N2O4. The zero-order valence-corrected chi connectivity index (χ0v) is 14.8. The predicted molar refractivity (Wildman–Crippen MR) is 90.2 cm³/mol. The van der Waals surface area contributed by atoms with Gasteiger partial charge in [-0.25, -0.2) is 0 Å². The van der Waals surface area contributed by atoms with Crippen LogP contribution in [-0.4, -0.2) is 22.6 Å². The lowest BCUT2D eigenvalue weighted by Crippen LogP contribution is -2.55. The number of carboxylic acid groups (broad SMARTS) is 1. The van der Waals surface area contributed by atoms with E-state index in [-0.39, 0.29) is 29.3 Å². The Morgan fingerprint density at radius 3 is 2.31 bits per heavy atom. The first-order valence-corrected chi connectivity index (χ1v) is 8.35. The number of carboxylic acids is 1. The average Bonchev–Trinajstić information content (AvgIpc) is 2.58. The minimum Gasteiger partial charge on any atom is -0.480 e. The number of fused-ring (bicyclic) bond motifs is 3. The van der Waals surface area contributed by atoms with Gasteiger partial charge in [0.1, 0.15) is 17.6 Å². The molecule has 132 valence electrons. The van der Waals surface area contributed by atoms with Crippen LogP contribution in [0.1, 0.15) is 33.6 Å². The number of Topliss-reactive ketones (excluding diaryl/α,β-unsaturated/α-hetero) is 1. The minimum atomic E-state index is -1.47. The van der Waals surface area contributed by atoms with Crippen molar-refractivity contribution in [3.05, 3.63) is 34.9 Å². The summed E-state index contributed by atoms with van der Waals surface area (Å²) < 4.78 is 0. The molecule has 1 fully saturated rings. The lowest BCUT2D eigenvalue weighted by molar-refractivity contribution is -0.148. The molecule has 6 nitrogen and oxygen atoms in total. The molecule has 3 unspecified atom stereocenters. The molecule has 1 N–H and O–H groups in total. The van der Waals surface area contributed by atoms with Crippen LogP contribution in [-0.2, 0) is 14.4 Å². The van der Waals surface area contributed by atoms with Crippen molar-refractivity contribution in [3.63, 3.8) is 0 Å². The van der Waals surface area contributed by atoms with Gasteiger partial charge in [0.2, 0.25) is 0 Å². The van der Waals surface area contributed by atoms with Gasteiger partial charge in [-0.2, -0.15) is 10.5 Å². The van der Waals surface area contributed by atoms with E-state index in [0.29, 0.717) is 12.0 Å². The molecule has 3 atom stereocenters. The quantitative estimate of drug-likeness (QED) is 0.776. The molecule has 0 bridgehead atoms. The van der Waals surface area contributed by atoms with E-state index in [9.17, 15) is 30.0 Å². The van der Waals surface area contributed by atoms with Crippen LogP contribution in [0.15, 0.2) is 34.9 Å². The molecular weight excluding hydrogens is 332 g/mol. The summed E-state index contributed by atoms with van der Waals surface area (Å²) in [5.41, 5.74) is -3.12. The highest BCUT2D eigenvalue weighted by Gasteiger charge is 2.62. The van der Waals surface area contributed by atoms with Crippen molar-refractivity contribution < 1.29 is 19.5 Å². The van der Waals surface area contributed by atoms with Crippen molar-refractivity contribution in [3.8, 4) is 12.1 Å². The van der Waals surface area contributed by atoms with Crippen LogP contribution >= 0.6 is 0 Å². The SMILES string of the molecule is CC1(C)C(=O)C(C#N)=CC2(C)C3=CC(=O)C(C#N)=CC3(C(=O)O)CCC12. The van der Waals surface area contributed by atoms with Crippen molar-refractivity contribution in [2.24, 2.45) is 22.2 Å². The van der Waals surface area contributed by atoms with E-state index < -0.39 is 28.0 Å². The Bertz CT molecular complexity index is 938. The summed E-state index contributed by atoms with van der Waals surface area (Å²) in [5, 5.41) is 28.6. The smallest absolute Gasteiger partial charge is 0.317 e. The summed E-state index contributed by atoms with van der Waals surface area (Å²) in [5.74, 6) is -2.18. The van der Waals surface area contributed by atoms with Crippen molar-refractivity contribution in [2.75, 3.05) is 0 Å². The zero-order valence-electron chi connectivity index (χ0n) is 14.8. The number of allylic oxidation sites excluding steroid dienone is 4. The Balaban J connectivity index is 2.33. The van der Waals surface area contributed by atoms with Gasteiger partial charge in [-0.15, -0.1) is 0 Å². The molecule has 0 amide bonds. The van der Waals surface area contributed by atoms with Crippen LogP contribution in [0.2, 0.25) is 0 Å². The summed E-state index contributed by atoms with van der Waals surface area (Å²) in [7, 11) is 0. The standard InChI is InChI=1S/C20H18N2O4/c1-18(2)14-4-5-20(17(25)26)8-11(9-21)13(23)6-15(20)19(14,3)7-12(10-22)16(18)24/h6-8,14H,4-5H2,1-3H3,(H,25,26). The largest absolute Gasteiger partial charge is 0.480 e. The van der Waals surface area contributed by atoms with Crippen LogP contribution in [0.25, 0.3) is 0 Å². The van der Waals surface area contributed by atoms with Gasteiger partial charge in [-0.3, -0.25) is 14.4 Å². The molecule has 0 aliphatic heterocycles. The van der Waals surface area contributed by atoms with E-state index in [2.05, 4.69) is 0 Å². The lowest BCUT2D eigenvalue weighted by atomic mass is 9.45. The fourth-order valence-electron chi connectivity index (χ4n) is 5.05. The van der Waals surface area contributed by atoms with E-state index in [1.54, 1.807) is 26.8 Å². The molecule has 0 spiro atoms. The van der Waals surface area contributed by atoms with Crippen molar-refractivity contribution in [1.29, 1.82) is 10.5 Å². The van der Waals surface area contributed by atoms with Crippen molar-refractivity contribution in [2.45, 2.75) is 33.6 Å². The van der Waals surface area contributed by atoms with Gasteiger partial charge in [-0.05, 0) is 36.5 Å². The highest BCUT2D eigenvalue weighted by molar-refractivity contribution is 6.11. The molecule has 6 heteroatoms. The summed E-state index contributed by atoms with van der Waals surface area (Å²) in [6.07, 6.45) is 4.62. The first kappa shape index (κ1) is 17.8. The number of nitriles is 2. The third-order valence-corrected chi connectivity index (χ3v) is 6.31. The number of nitrogens with zero attached hydrogens (tertiary/aromatic N) is 2. The number of carbonyl (C=O) groups is 3. The van der Waals surface area contributed by atoms with Crippen molar-refractivity contribution >= 4 is 17.5 Å². The second-order valence-electron chi connectivity index (χ2n) is 7.96. The molecule has 3 aliphatic rings. The molecule has 26 heavy (non-hydrogen) atoms. The molecule has 0 heterocycles. The minimum absolute atomic E-state index is 0.0154. The Hall–Kier alpha value is -2.99. The molecule has 0 aromatic rings. The van der Waals surface area contributed by atoms with E-state index in [0.717, 1.165) is 0 Å². The second-order valence-corrected chi connectivity index (χ2v) is 7.96. The maximum atomic E-state index is 12.7. The monoisotopic (exact) mass is 350 g/mol. The number of hydrogen-bond acceptors (Lipinski definition) is 5. The van der Waals surface area contributed by atoms with E-state index in [4.69, 9.17) is 0 Å². The lowest BCUT2D eigenvalue weighted by Gasteiger charge is -2.56. The molecule has 3 rings (SSSR count). The number of aliphatic carboxylic acids is 1. The molecule has 0 saturated heterocycles. The van der Waals surface area contributed by atoms with Crippen molar-refractivity contribution in [1.82, 2.24) is 0 Å². The topological polar surface area (TPSA) is 119 Å². The van der Waals surface area contributed by atoms with Gasteiger partial charge >= 0.3 is 5.97 Å². The van der Waals surface area contributed by atoms with Gasteiger partial charge in [0.25, 0.3) is 0 Å². The van der Waals surface area contributed by atoms with Gasteiger partial charge in [-0.1, -0.05) is 26.8 Å². The second kappa shape index (κ2) is 5.25. The van der Waals surface area contributed by atoms with Crippen LogP contribution in [0.3, 0.4) is 0 Å². The molecule has 0 aromatic carbocycles. The Labute approximate surface area is 151 Å². The van der Waals surface area contributed by atoms with Gasteiger partial charge in [0, 0.05) is 10.8 Å². The van der Waals surface area contributed by atoms with Crippen LogP contribution in [0, 0.1) is 44.8 Å². The summed E-state index contributed by atoms with van der Waals surface area (Å²) in [6.45, 7) is 5.31. The maximum absolute atomic E-state index is 12.7. The fourth-order valence-corrected chi connectivity index (χ4v) is 5.05. The predicted octanol–water partition coefficient (Wildman–Crippen LogP) is 2.49. The summed E-state index contributed by atoms with van der Waals surface area (Å²) in [4.78, 5) is 37.2. The zero-order chi connectivity index (χ0) is 19.5. The highest BCUT2D eigenvalue weighted by atomic mass is 16.4. The van der Waals surface area contributed by atoms with Crippen LogP contribution < -0.4 is 0 Å². The van der Waals surface area contributed by atoms with Crippen LogP contribution in [0.4, 0.5) is 0 Å². The average molecular weight is 350 g/mol. The third kappa shape index (κ3) is 1.99. The third-order valence-electron chi connectivity index (χ3n) is 6.31. The first-order chi connectivity index (χ1) is 12.0. The number of rotatable bonds is 1. The van der Waals surface area contributed by atoms with E-state index in [1.165, 1.54) is 18.2 Å². The van der Waals surface area contributed by atoms with E-state index in [1.807, 2.05) is 6.07 Å². The van der Waals surface area contributed by atoms with Crippen LogP contribution in [0.5, 0.6) is 0 Å². The molecule has 3 aliphatic carbocycles. The molecule has 0 radical (unpaired) electrons. The fraction of sp³-hybridized carbons (Fsp3) is 0.450. The normalized spacial score (nSPS) is 35.0. The molecule has 1 saturated carbocycles. The Kier molecular flexibility index (Phi) is 3.60. The molecule has 0 aromatic heterocycles. The highest BCUT2D eigenvalue weighted by Crippen LogP contribution is 2.63. The first-order valence-electron chi connectivity index (χ1n) is 8.35. The number of hydrogen-bond donors (Lipinski definition) is 1. The maximum Gasteiger partial charge on any atom is 0.317 e. The Morgan fingerprint density at radius 2 is 1.77 bits per heavy atom. The summed E-state index contributed by atoms with van der Waals surface area (Å²) in [6, 6.07) is 3.70. The van der Waals surface area contributed by atoms with Gasteiger partial charge in [0.05, 0.1) is 11.1 Å². The Morgan fingerprint density at radius 1 is 1.15 bits per heavy atom. The van der Waals surface area contributed by atoms with E-state index >= 15 is 0 Å². The summed E-state index contributed by atoms with van der Waals surface area (Å²) >= 11 is 0. The van der Waals surface area contributed by atoms with Gasteiger partial charge < -0.3 is 5.11 Å². The van der Waals surface area contributed by atoms with Gasteiger partial charge in [0.15, 0.2) is 11.6 Å². The number of carbonyl (C=O) groups excluding carboxylic acids is 2. The number of ketones is 2.